The van der Waals surface area contributed by atoms with Crippen LogP contribution in [0, 0.1) is 10.1 Å². The number of carbonyl (C=O) groups excluding carboxylic acids is 1. The summed E-state index contributed by atoms with van der Waals surface area (Å²) < 4.78 is 5.17. The van der Waals surface area contributed by atoms with Gasteiger partial charge >= 0.3 is 11.7 Å². The Bertz CT molecular complexity index is 905. The number of hydrogen-bond donors (Lipinski definition) is 3. The first-order valence-electron chi connectivity index (χ1n) is 7.49. The molecule has 1 aliphatic rings. The average Bonchev–Trinajstić information content (AvgIpc) is 2.44. The third-order valence-electron chi connectivity index (χ3n) is 3.64. The summed E-state index contributed by atoms with van der Waals surface area (Å²) in [4.78, 5) is 51.2. The first-order valence-corrected chi connectivity index (χ1v) is 7.49. The Kier molecular flexibility index (Phi) is 4.91. The molecule has 3 N–H and O–H groups in total. The van der Waals surface area contributed by atoms with Crippen LogP contribution in [-0.2, 0) is 9.53 Å². The second-order valence-corrected chi connectivity index (χ2v) is 5.85. The van der Waals surface area contributed by atoms with Crippen LogP contribution in [0.4, 0.5) is 0 Å². The standard InChI is InChI=1S/C15H18N4O6/c1-6(2)25-14(21)10-7(3)17-8(4)12(19(23)24)11(10)9-5-16-15(22)18-13(9)20/h5-6,11,17H,1-4H3,(H2,16,18,20,22). The molecule has 0 spiro atoms. The summed E-state index contributed by atoms with van der Waals surface area (Å²) in [6.45, 7) is 6.31. The largest absolute Gasteiger partial charge is 0.460 e. The fraction of sp³-hybridized carbons (Fsp3) is 0.400. The number of aromatic nitrogens is 2. The van der Waals surface area contributed by atoms with Crippen LogP contribution in [-0.4, -0.2) is 27.0 Å². The Labute approximate surface area is 141 Å². The minimum Gasteiger partial charge on any atom is -0.460 e. The molecule has 10 nitrogen and oxygen atoms in total. The van der Waals surface area contributed by atoms with Crippen molar-refractivity contribution in [3.63, 3.8) is 0 Å². The number of esters is 1. The van der Waals surface area contributed by atoms with Crippen molar-refractivity contribution < 1.29 is 14.5 Å². The minimum absolute atomic E-state index is 0.0523. The lowest BCUT2D eigenvalue weighted by Crippen LogP contribution is -2.36. The highest BCUT2D eigenvalue weighted by atomic mass is 16.6. The summed E-state index contributed by atoms with van der Waals surface area (Å²) in [5.41, 5.74) is -1.57. The lowest BCUT2D eigenvalue weighted by Gasteiger charge is -2.26. The maximum Gasteiger partial charge on any atom is 0.337 e. The van der Waals surface area contributed by atoms with Gasteiger partial charge in [-0.25, -0.2) is 9.59 Å². The topological polar surface area (TPSA) is 147 Å². The molecule has 0 aliphatic carbocycles. The molecule has 0 saturated carbocycles. The molecular formula is C15H18N4O6. The normalized spacial score (nSPS) is 17.6. The van der Waals surface area contributed by atoms with Crippen LogP contribution >= 0.6 is 0 Å². The molecular weight excluding hydrogens is 332 g/mol. The smallest absolute Gasteiger partial charge is 0.337 e. The lowest BCUT2D eigenvalue weighted by molar-refractivity contribution is -0.431. The summed E-state index contributed by atoms with van der Waals surface area (Å²) in [5, 5.41) is 14.4. The van der Waals surface area contributed by atoms with Crippen molar-refractivity contribution in [2.75, 3.05) is 0 Å². The van der Waals surface area contributed by atoms with Gasteiger partial charge in [0.2, 0.25) is 0 Å². The number of nitrogens with zero attached hydrogens (tertiary/aromatic N) is 1. The number of carbonyl (C=O) groups is 1. The highest BCUT2D eigenvalue weighted by molar-refractivity contribution is 5.92. The first-order chi connectivity index (χ1) is 11.6. The van der Waals surface area contributed by atoms with E-state index in [2.05, 4.69) is 10.3 Å². The highest BCUT2D eigenvalue weighted by Crippen LogP contribution is 2.37. The number of allylic oxidation sites excluding steroid dienone is 3. The van der Waals surface area contributed by atoms with Crippen LogP contribution in [0.25, 0.3) is 0 Å². The summed E-state index contributed by atoms with van der Waals surface area (Å²) in [5.74, 6) is -2.05. The number of aromatic amines is 2. The molecule has 0 saturated heterocycles. The van der Waals surface area contributed by atoms with E-state index in [1.807, 2.05) is 4.98 Å². The second-order valence-electron chi connectivity index (χ2n) is 5.85. The summed E-state index contributed by atoms with van der Waals surface area (Å²) in [6.07, 6.45) is 0.623. The van der Waals surface area contributed by atoms with Crippen LogP contribution in [0.2, 0.25) is 0 Å². The number of dihydropyridines is 1. The molecule has 25 heavy (non-hydrogen) atoms. The fourth-order valence-corrected chi connectivity index (χ4v) is 2.71. The molecule has 1 unspecified atom stereocenters. The monoisotopic (exact) mass is 350 g/mol. The second kappa shape index (κ2) is 6.75. The summed E-state index contributed by atoms with van der Waals surface area (Å²) >= 11 is 0. The number of rotatable bonds is 4. The molecule has 1 aliphatic heterocycles. The molecule has 10 heteroatoms. The summed E-state index contributed by atoms with van der Waals surface area (Å²) in [7, 11) is 0. The van der Waals surface area contributed by atoms with Gasteiger partial charge in [0, 0.05) is 11.9 Å². The average molecular weight is 350 g/mol. The van der Waals surface area contributed by atoms with Gasteiger partial charge in [-0.1, -0.05) is 0 Å². The first kappa shape index (κ1) is 18.2. The van der Waals surface area contributed by atoms with Gasteiger partial charge in [-0.05, 0) is 27.7 Å². The Hall–Kier alpha value is -3.17. The van der Waals surface area contributed by atoms with Crippen molar-refractivity contribution >= 4 is 5.97 Å². The SMILES string of the molecule is CC1=C(C(=O)OC(C)C)C(c2c[nH]c(=O)[nH]c2=O)C([N+](=O)[O-])=C(C)N1. The van der Waals surface area contributed by atoms with Gasteiger partial charge < -0.3 is 15.0 Å². The van der Waals surface area contributed by atoms with Crippen molar-refractivity contribution in [3.05, 3.63) is 65.4 Å². The zero-order valence-corrected chi connectivity index (χ0v) is 14.1. The predicted octanol–water partition coefficient (Wildman–Crippen LogP) is 0.484. The van der Waals surface area contributed by atoms with E-state index in [1.54, 1.807) is 20.8 Å². The van der Waals surface area contributed by atoms with Crippen LogP contribution in [0.3, 0.4) is 0 Å². The molecule has 1 atom stereocenters. The number of nitrogens with one attached hydrogen (secondary N) is 3. The number of hydrogen-bond acceptors (Lipinski definition) is 7. The van der Waals surface area contributed by atoms with E-state index < -0.39 is 34.2 Å². The van der Waals surface area contributed by atoms with Gasteiger partial charge in [0.1, 0.15) is 5.92 Å². The number of nitro groups is 1. The van der Waals surface area contributed by atoms with Gasteiger partial charge in [0.15, 0.2) is 0 Å². The zero-order valence-electron chi connectivity index (χ0n) is 14.1. The van der Waals surface area contributed by atoms with Crippen LogP contribution in [0.15, 0.2) is 38.5 Å². The van der Waals surface area contributed by atoms with E-state index in [9.17, 15) is 24.5 Å². The van der Waals surface area contributed by atoms with E-state index >= 15 is 0 Å². The maximum atomic E-state index is 12.5. The lowest BCUT2D eigenvalue weighted by atomic mass is 9.85. The van der Waals surface area contributed by atoms with E-state index in [1.165, 1.54) is 6.92 Å². The van der Waals surface area contributed by atoms with Crippen molar-refractivity contribution in [1.82, 2.24) is 15.3 Å². The Balaban J connectivity index is 2.73. The molecule has 134 valence electrons. The molecule has 1 aromatic heterocycles. The van der Waals surface area contributed by atoms with E-state index in [0.717, 1.165) is 6.20 Å². The van der Waals surface area contributed by atoms with Gasteiger partial charge in [0.25, 0.3) is 11.3 Å². The zero-order chi connectivity index (χ0) is 18.9. The van der Waals surface area contributed by atoms with Crippen molar-refractivity contribution in [3.8, 4) is 0 Å². The number of H-pyrrole nitrogens is 2. The van der Waals surface area contributed by atoms with Gasteiger partial charge in [-0.3, -0.25) is 19.9 Å². The van der Waals surface area contributed by atoms with Crippen LogP contribution < -0.4 is 16.6 Å². The molecule has 0 radical (unpaired) electrons. The van der Waals surface area contributed by atoms with Gasteiger partial charge in [0.05, 0.1) is 27.9 Å². The van der Waals surface area contributed by atoms with Crippen molar-refractivity contribution in [2.24, 2.45) is 0 Å². The number of ether oxygens (including phenoxy) is 1. The molecule has 0 bridgehead atoms. The Morgan fingerprint density at radius 3 is 2.44 bits per heavy atom. The molecule has 0 fully saturated rings. The fourth-order valence-electron chi connectivity index (χ4n) is 2.71. The Morgan fingerprint density at radius 2 is 1.92 bits per heavy atom. The van der Waals surface area contributed by atoms with E-state index in [4.69, 9.17) is 4.74 Å². The summed E-state index contributed by atoms with van der Waals surface area (Å²) in [6, 6.07) is 0. The van der Waals surface area contributed by atoms with Crippen LogP contribution in [0.5, 0.6) is 0 Å². The highest BCUT2D eigenvalue weighted by Gasteiger charge is 2.42. The molecule has 0 aromatic carbocycles. The van der Waals surface area contributed by atoms with Gasteiger partial charge in [-0.2, -0.15) is 0 Å². The molecule has 1 aromatic rings. The quantitative estimate of drug-likeness (QED) is 0.406. The predicted molar refractivity (Wildman–Crippen MR) is 87.2 cm³/mol. The van der Waals surface area contributed by atoms with Crippen molar-refractivity contribution in [2.45, 2.75) is 39.7 Å². The van der Waals surface area contributed by atoms with Crippen molar-refractivity contribution in [1.29, 1.82) is 0 Å². The van der Waals surface area contributed by atoms with Crippen LogP contribution in [0.1, 0.15) is 39.2 Å². The maximum absolute atomic E-state index is 12.5. The van der Waals surface area contributed by atoms with E-state index in [-0.39, 0.29) is 22.5 Å². The molecule has 0 amide bonds. The van der Waals surface area contributed by atoms with Gasteiger partial charge in [-0.15, -0.1) is 0 Å². The third-order valence-corrected chi connectivity index (χ3v) is 3.64. The molecule has 2 rings (SSSR count). The van der Waals surface area contributed by atoms with E-state index in [0.29, 0.717) is 5.70 Å². The minimum atomic E-state index is -1.27. The third kappa shape index (κ3) is 3.52. The molecule has 2 heterocycles. The Morgan fingerprint density at radius 1 is 1.28 bits per heavy atom.